The van der Waals surface area contributed by atoms with Gasteiger partial charge in [-0.25, -0.2) is 0 Å². The lowest BCUT2D eigenvalue weighted by molar-refractivity contribution is 0.112. The molecule has 0 heterocycles. The van der Waals surface area contributed by atoms with Crippen molar-refractivity contribution < 1.29 is 9.53 Å². The van der Waals surface area contributed by atoms with E-state index in [2.05, 4.69) is 0 Å². The summed E-state index contributed by atoms with van der Waals surface area (Å²) in [6.45, 7) is 0. The Morgan fingerprint density at radius 2 is 2.13 bits per heavy atom. The fourth-order valence-electron chi connectivity index (χ4n) is 1.49. The highest BCUT2D eigenvalue weighted by molar-refractivity contribution is 5.85. The number of ether oxygens (including phenoxy) is 1. The molecule has 0 spiro atoms. The van der Waals surface area contributed by atoms with Gasteiger partial charge in [-0.15, -0.1) is 0 Å². The summed E-state index contributed by atoms with van der Waals surface area (Å²) >= 11 is 0. The van der Waals surface area contributed by atoms with E-state index in [0.29, 0.717) is 11.7 Å². The predicted octanol–water partition coefficient (Wildman–Crippen LogP) is 2.11. The van der Waals surface area contributed by atoms with Crippen LogP contribution in [0.3, 0.4) is 0 Å². The Labute approximate surface area is 89.7 Å². The molecular weight excluding hydrogens is 190 g/mol. The summed E-state index contributed by atoms with van der Waals surface area (Å²) in [5, 5.41) is 0. The molecule has 0 aromatic heterocycles. The van der Waals surface area contributed by atoms with Crippen LogP contribution in [0.2, 0.25) is 0 Å². The number of hydrogen-bond donors (Lipinski definition) is 0. The molecule has 0 atom stereocenters. The van der Waals surface area contributed by atoms with E-state index in [1.54, 1.807) is 6.07 Å². The van der Waals surface area contributed by atoms with Crippen LogP contribution in [0.15, 0.2) is 18.2 Å². The van der Waals surface area contributed by atoms with Crippen molar-refractivity contribution in [2.75, 3.05) is 19.0 Å². The Kier molecular flexibility index (Phi) is 2.62. The fourth-order valence-corrected chi connectivity index (χ4v) is 1.49. The largest absolute Gasteiger partial charge is 0.490 e. The highest BCUT2D eigenvalue weighted by atomic mass is 16.5. The summed E-state index contributed by atoms with van der Waals surface area (Å²) in [7, 11) is 3.84. The smallest absolute Gasteiger partial charge is 0.152 e. The lowest BCUT2D eigenvalue weighted by atomic mass is 10.2. The van der Waals surface area contributed by atoms with Crippen LogP contribution in [0.4, 0.5) is 5.69 Å². The molecule has 0 saturated heterocycles. The summed E-state index contributed by atoms with van der Waals surface area (Å²) in [5.74, 6) is 0.796. The SMILES string of the molecule is CN(C)c1ccc(OC2CC2)cc1C=O. The molecule has 3 nitrogen and oxygen atoms in total. The molecule has 15 heavy (non-hydrogen) atoms. The second kappa shape index (κ2) is 3.93. The Balaban J connectivity index is 2.24. The standard InChI is InChI=1S/C12H15NO2/c1-13(2)12-6-5-11(7-9(12)8-14)15-10-3-4-10/h5-8,10H,3-4H2,1-2H3. The summed E-state index contributed by atoms with van der Waals surface area (Å²) < 4.78 is 5.63. The minimum Gasteiger partial charge on any atom is -0.490 e. The highest BCUT2D eigenvalue weighted by Gasteiger charge is 2.23. The number of rotatable bonds is 4. The first-order valence-corrected chi connectivity index (χ1v) is 5.14. The van der Waals surface area contributed by atoms with Gasteiger partial charge in [-0.3, -0.25) is 4.79 Å². The second-order valence-corrected chi connectivity index (χ2v) is 4.05. The highest BCUT2D eigenvalue weighted by Crippen LogP contribution is 2.29. The third-order valence-electron chi connectivity index (χ3n) is 2.43. The molecule has 0 amide bonds. The van der Waals surface area contributed by atoms with Gasteiger partial charge in [0.25, 0.3) is 0 Å². The first kappa shape index (κ1) is 10.0. The van der Waals surface area contributed by atoms with E-state index in [-0.39, 0.29) is 0 Å². The molecule has 1 aliphatic rings. The number of benzene rings is 1. The molecule has 1 aliphatic carbocycles. The van der Waals surface area contributed by atoms with Gasteiger partial charge >= 0.3 is 0 Å². The van der Waals surface area contributed by atoms with Crippen molar-refractivity contribution in [3.05, 3.63) is 23.8 Å². The molecule has 0 N–H and O–H groups in total. The second-order valence-electron chi connectivity index (χ2n) is 4.05. The lowest BCUT2D eigenvalue weighted by Crippen LogP contribution is -2.11. The van der Waals surface area contributed by atoms with Crippen molar-refractivity contribution in [2.24, 2.45) is 0 Å². The van der Waals surface area contributed by atoms with Crippen molar-refractivity contribution in [2.45, 2.75) is 18.9 Å². The van der Waals surface area contributed by atoms with Crippen LogP contribution < -0.4 is 9.64 Å². The number of carbonyl (C=O) groups excluding carboxylic acids is 1. The van der Waals surface area contributed by atoms with Crippen molar-refractivity contribution >= 4 is 12.0 Å². The van der Waals surface area contributed by atoms with Gasteiger partial charge in [-0.1, -0.05) is 0 Å². The van der Waals surface area contributed by atoms with Gasteiger partial charge in [0.15, 0.2) is 6.29 Å². The van der Waals surface area contributed by atoms with Crippen LogP contribution in [0.25, 0.3) is 0 Å². The van der Waals surface area contributed by atoms with Crippen molar-refractivity contribution in [1.82, 2.24) is 0 Å². The Bertz CT molecular complexity index is 370. The van der Waals surface area contributed by atoms with E-state index in [1.807, 2.05) is 31.1 Å². The van der Waals surface area contributed by atoms with Crippen LogP contribution in [-0.4, -0.2) is 26.5 Å². The molecule has 1 saturated carbocycles. The minimum absolute atomic E-state index is 0.370. The molecule has 80 valence electrons. The Morgan fingerprint density at radius 1 is 1.40 bits per heavy atom. The molecule has 2 rings (SSSR count). The van der Waals surface area contributed by atoms with Crippen LogP contribution in [0, 0.1) is 0 Å². The van der Waals surface area contributed by atoms with E-state index in [0.717, 1.165) is 30.6 Å². The Morgan fingerprint density at radius 3 is 2.67 bits per heavy atom. The molecule has 1 aromatic rings. The van der Waals surface area contributed by atoms with Crippen molar-refractivity contribution in [3.8, 4) is 5.75 Å². The zero-order valence-corrected chi connectivity index (χ0v) is 9.06. The van der Waals surface area contributed by atoms with Crippen LogP contribution in [0.1, 0.15) is 23.2 Å². The molecule has 0 radical (unpaired) electrons. The molecular formula is C12H15NO2. The average molecular weight is 205 g/mol. The van der Waals surface area contributed by atoms with Gasteiger partial charge in [0.1, 0.15) is 5.75 Å². The van der Waals surface area contributed by atoms with Gasteiger partial charge in [0.2, 0.25) is 0 Å². The number of anilines is 1. The van der Waals surface area contributed by atoms with E-state index in [9.17, 15) is 4.79 Å². The van der Waals surface area contributed by atoms with E-state index in [1.165, 1.54) is 0 Å². The van der Waals surface area contributed by atoms with Gasteiger partial charge < -0.3 is 9.64 Å². The van der Waals surface area contributed by atoms with Gasteiger partial charge in [0, 0.05) is 25.3 Å². The predicted molar refractivity (Wildman–Crippen MR) is 59.8 cm³/mol. The number of hydrogen-bond acceptors (Lipinski definition) is 3. The third kappa shape index (κ3) is 2.29. The first-order chi connectivity index (χ1) is 7.20. The topological polar surface area (TPSA) is 29.5 Å². The normalized spacial score (nSPS) is 14.8. The molecule has 3 heteroatoms. The molecule has 1 fully saturated rings. The van der Waals surface area contributed by atoms with Gasteiger partial charge in [-0.2, -0.15) is 0 Å². The van der Waals surface area contributed by atoms with Crippen molar-refractivity contribution in [3.63, 3.8) is 0 Å². The molecule has 0 aliphatic heterocycles. The maximum Gasteiger partial charge on any atom is 0.152 e. The molecule has 0 bridgehead atoms. The summed E-state index contributed by atoms with van der Waals surface area (Å²) in [6, 6.07) is 5.64. The van der Waals surface area contributed by atoms with Gasteiger partial charge in [0.05, 0.1) is 6.10 Å². The maximum atomic E-state index is 10.9. The number of nitrogens with zero attached hydrogens (tertiary/aromatic N) is 1. The monoisotopic (exact) mass is 205 g/mol. The molecule has 0 unspecified atom stereocenters. The lowest BCUT2D eigenvalue weighted by Gasteiger charge is -2.15. The average Bonchev–Trinajstić information content (AvgIpc) is 3.01. The number of aldehydes is 1. The first-order valence-electron chi connectivity index (χ1n) is 5.14. The molecule has 1 aromatic carbocycles. The van der Waals surface area contributed by atoms with Gasteiger partial charge in [-0.05, 0) is 31.0 Å². The third-order valence-corrected chi connectivity index (χ3v) is 2.43. The zero-order valence-electron chi connectivity index (χ0n) is 9.06. The summed E-state index contributed by atoms with van der Waals surface area (Å²) in [5.41, 5.74) is 1.60. The van der Waals surface area contributed by atoms with E-state index in [4.69, 9.17) is 4.74 Å². The maximum absolute atomic E-state index is 10.9. The summed E-state index contributed by atoms with van der Waals surface area (Å²) in [6.07, 6.45) is 3.50. The fraction of sp³-hybridized carbons (Fsp3) is 0.417. The van der Waals surface area contributed by atoms with Crippen LogP contribution in [0.5, 0.6) is 5.75 Å². The Hall–Kier alpha value is -1.51. The quantitative estimate of drug-likeness (QED) is 0.705. The van der Waals surface area contributed by atoms with Crippen molar-refractivity contribution in [1.29, 1.82) is 0 Å². The summed E-state index contributed by atoms with van der Waals surface area (Å²) in [4.78, 5) is 12.8. The van der Waals surface area contributed by atoms with E-state index < -0.39 is 0 Å². The van der Waals surface area contributed by atoms with Crippen LogP contribution in [-0.2, 0) is 0 Å². The van der Waals surface area contributed by atoms with E-state index >= 15 is 0 Å². The minimum atomic E-state index is 0.370. The number of carbonyl (C=O) groups is 1. The van der Waals surface area contributed by atoms with Crippen LogP contribution >= 0.6 is 0 Å². The zero-order chi connectivity index (χ0) is 10.8.